The zero-order valence-corrected chi connectivity index (χ0v) is 12.3. The average Bonchev–Trinajstić information content (AvgIpc) is 2.44. The molecule has 0 saturated carbocycles. The summed E-state index contributed by atoms with van der Waals surface area (Å²) in [5.41, 5.74) is 1.63. The Morgan fingerprint density at radius 2 is 1.80 bits per heavy atom. The van der Waals surface area contributed by atoms with E-state index in [2.05, 4.69) is 0 Å². The maximum absolute atomic E-state index is 11.9. The van der Waals surface area contributed by atoms with Crippen LogP contribution in [-0.2, 0) is 11.2 Å². The Morgan fingerprint density at radius 3 is 2.50 bits per heavy atom. The van der Waals surface area contributed by atoms with Crippen molar-refractivity contribution in [2.75, 3.05) is 13.2 Å². The van der Waals surface area contributed by atoms with Crippen LogP contribution in [0.15, 0.2) is 48.5 Å². The van der Waals surface area contributed by atoms with Crippen LogP contribution in [-0.4, -0.2) is 19.0 Å². The number of ketones is 1. The fraction of sp³-hybridized carbons (Fsp3) is 0.188. The van der Waals surface area contributed by atoms with Gasteiger partial charge in [-0.3, -0.25) is 4.79 Å². The molecule has 104 valence electrons. The van der Waals surface area contributed by atoms with E-state index in [9.17, 15) is 4.79 Å². The predicted molar refractivity (Wildman–Crippen MR) is 81.8 cm³/mol. The Morgan fingerprint density at radius 1 is 1.05 bits per heavy atom. The Bertz CT molecular complexity index is 582. The second kappa shape index (κ2) is 7.44. The van der Waals surface area contributed by atoms with Crippen molar-refractivity contribution in [2.24, 2.45) is 0 Å². The minimum absolute atomic E-state index is 0.0220. The van der Waals surface area contributed by atoms with Crippen molar-refractivity contribution >= 4 is 29.0 Å². The Labute approximate surface area is 128 Å². The van der Waals surface area contributed by atoms with Gasteiger partial charge >= 0.3 is 0 Å². The van der Waals surface area contributed by atoms with Crippen molar-refractivity contribution in [3.63, 3.8) is 0 Å². The lowest BCUT2D eigenvalue weighted by molar-refractivity contribution is 0.0765. The lowest BCUT2D eigenvalue weighted by Gasteiger charge is -2.06. The Hall–Kier alpha value is -1.35. The normalized spacial score (nSPS) is 10.5. The standard InChI is InChI=1S/C16H14Cl2O2/c17-13-6-7-14(15(18)10-13)16(19)11-20-9-8-12-4-2-1-3-5-12/h1-7,10H,8-9,11H2. The van der Waals surface area contributed by atoms with Gasteiger partial charge in [-0.05, 0) is 30.2 Å². The van der Waals surface area contributed by atoms with Gasteiger partial charge in [0.25, 0.3) is 0 Å². The van der Waals surface area contributed by atoms with E-state index in [-0.39, 0.29) is 12.4 Å². The van der Waals surface area contributed by atoms with Crippen LogP contribution in [0.1, 0.15) is 15.9 Å². The lowest BCUT2D eigenvalue weighted by atomic mass is 10.1. The molecule has 0 aliphatic carbocycles. The molecule has 0 aliphatic heterocycles. The van der Waals surface area contributed by atoms with Crippen LogP contribution >= 0.6 is 23.2 Å². The molecule has 4 heteroatoms. The monoisotopic (exact) mass is 308 g/mol. The molecule has 2 rings (SSSR count). The van der Waals surface area contributed by atoms with Crippen LogP contribution in [0.4, 0.5) is 0 Å². The summed E-state index contributed by atoms with van der Waals surface area (Å²) in [4.78, 5) is 11.9. The molecule has 0 amide bonds. The van der Waals surface area contributed by atoms with E-state index >= 15 is 0 Å². The highest BCUT2D eigenvalue weighted by Crippen LogP contribution is 2.21. The molecule has 0 heterocycles. The number of ether oxygens (including phenoxy) is 1. The van der Waals surface area contributed by atoms with Gasteiger partial charge in [-0.1, -0.05) is 53.5 Å². The molecule has 0 aromatic heterocycles. The first kappa shape index (κ1) is 15.0. The first-order valence-corrected chi connectivity index (χ1v) is 7.02. The molecule has 0 saturated heterocycles. The van der Waals surface area contributed by atoms with E-state index in [0.29, 0.717) is 22.2 Å². The summed E-state index contributed by atoms with van der Waals surface area (Å²) >= 11 is 11.8. The number of carbonyl (C=O) groups excluding carboxylic acids is 1. The molecule has 0 unspecified atom stereocenters. The zero-order chi connectivity index (χ0) is 14.4. The topological polar surface area (TPSA) is 26.3 Å². The Balaban J connectivity index is 1.80. The summed E-state index contributed by atoms with van der Waals surface area (Å²) in [6.07, 6.45) is 0.780. The van der Waals surface area contributed by atoms with Crippen molar-refractivity contribution in [2.45, 2.75) is 6.42 Å². The van der Waals surface area contributed by atoms with Crippen LogP contribution in [0.25, 0.3) is 0 Å². The maximum Gasteiger partial charge on any atom is 0.189 e. The van der Waals surface area contributed by atoms with E-state index in [1.165, 1.54) is 5.56 Å². The molecule has 2 nitrogen and oxygen atoms in total. The molecular weight excluding hydrogens is 295 g/mol. The number of benzene rings is 2. The average molecular weight is 309 g/mol. The SMILES string of the molecule is O=C(COCCc1ccccc1)c1ccc(Cl)cc1Cl. The van der Waals surface area contributed by atoms with Gasteiger partial charge in [0.15, 0.2) is 5.78 Å². The van der Waals surface area contributed by atoms with Gasteiger partial charge in [0.1, 0.15) is 6.61 Å². The van der Waals surface area contributed by atoms with E-state index in [1.54, 1.807) is 18.2 Å². The van der Waals surface area contributed by atoms with E-state index in [0.717, 1.165) is 6.42 Å². The van der Waals surface area contributed by atoms with Crippen molar-refractivity contribution < 1.29 is 9.53 Å². The van der Waals surface area contributed by atoms with Crippen molar-refractivity contribution in [1.82, 2.24) is 0 Å². The van der Waals surface area contributed by atoms with Gasteiger partial charge in [0, 0.05) is 10.6 Å². The van der Waals surface area contributed by atoms with Gasteiger partial charge in [-0.2, -0.15) is 0 Å². The van der Waals surface area contributed by atoms with E-state index in [4.69, 9.17) is 27.9 Å². The molecule has 2 aromatic rings. The van der Waals surface area contributed by atoms with E-state index < -0.39 is 0 Å². The first-order valence-electron chi connectivity index (χ1n) is 6.27. The number of hydrogen-bond acceptors (Lipinski definition) is 2. The molecule has 0 fully saturated rings. The summed E-state index contributed by atoms with van der Waals surface area (Å²) in [7, 11) is 0. The maximum atomic E-state index is 11.9. The summed E-state index contributed by atoms with van der Waals surface area (Å²) < 4.78 is 5.40. The number of rotatable bonds is 6. The third-order valence-corrected chi connectivity index (χ3v) is 3.39. The van der Waals surface area contributed by atoms with Crippen molar-refractivity contribution in [3.05, 3.63) is 69.7 Å². The van der Waals surface area contributed by atoms with Crippen LogP contribution in [0.3, 0.4) is 0 Å². The zero-order valence-electron chi connectivity index (χ0n) is 10.8. The molecule has 0 N–H and O–H groups in total. The van der Waals surface area contributed by atoms with E-state index in [1.807, 2.05) is 30.3 Å². The highest BCUT2D eigenvalue weighted by Gasteiger charge is 2.10. The third kappa shape index (κ3) is 4.34. The summed E-state index contributed by atoms with van der Waals surface area (Å²) in [5.74, 6) is -0.139. The Kier molecular flexibility index (Phi) is 5.60. The number of halogens is 2. The van der Waals surface area contributed by atoms with Crippen LogP contribution in [0.5, 0.6) is 0 Å². The highest BCUT2D eigenvalue weighted by atomic mass is 35.5. The summed E-state index contributed by atoms with van der Waals surface area (Å²) in [6.45, 7) is 0.523. The second-order valence-corrected chi connectivity index (χ2v) is 5.18. The van der Waals surface area contributed by atoms with Crippen molar-refractivity contribution in [3.8, 4) is 0 Å². The van der Waals surface area contributed by atoms with Gasteiger partial charge < -0.3 is 4.74 Å². The number of carbonyl (C=O) groups is 1. The molecule has 2 aromatic carbocycles. The predicted octanol–water partition coefficient (Wildman–Crippen LogP) is 4.44. The number of Topliss-reactive ketones (excluding diaryl/α,β-unsaturated/α-hetero) is 1. The highest BCUT2D eigenvalue weighted by molar-refractivity contribution is 6.36. The minimum Gasteiger partial charge on any atom is -0.373 e. The van der Waals surface area contributed by atoms with Crippen LogP contribution in [0, 0.1) is 0 Å². The molecule has 0 radical (unpaired) electrons. The molecule has 0 atom stereocenters. The quantitative estimate of drug-likeness (QED) is 0.582. The largest absolute Gasteiger partial charge is 0.373 e. The van der Waals surface area contributed by atoms with Gasteiger partial charge in [0.05, 0.1) is 11.6 Å². The van der Waals surface area contributed by atoms with Crippen molar-refractivity contribution in [1.29, 1.82) is 0 Å². The molecular formula is C16H14Cl2O2. The fourth-order valence-electron chi connectivity index (χ4n) is 1.79. The van der Waals surface area contributed by atoms with Crippen LogP contribution in [0.2, 0.25) is 10.0 Å². The van der Waals surface area contributed by atoms with Gasteiger partial charge in [0.2, 0.25) is 0 Å². The molecule has 0 aliphatic rings. The van der Waals surface area contributed by atoms with Gasteiger partial charge in [-0.15, -0.1) is 0 Å². The molecule has 20 heavy (non-hydrogen) atoms. The third-order valence-electron chi connectivity index (χ3n) is 2.84. The van der Waals surface area contributed by atoms with Crippen LogP contribution < -0.4 is 0 Å². The lowest BCUT2D eigenvalue weighted by Crippen LogP contribution is -2.11. The summed E-state index contributed by atoms with van der Waals surface area (Å²) in [6, 6.07) is 14.8. The second-order valence-electron chi connectivity index (χ2n) is 4.34. The van der Waals surface area contributed by atoms with Gasteiger partial charge in [-0.25, -0.2) is 0 Å². The molecule has 0 bridgehead atoms. The molecule has 0 spiro atoms. The smallest absolute Gasteiger partial charge is 0.189 e. The fourth-order valence-corrected chi connectivity index (χ4v) is 2.31. The first-order chi connectivity index (χ1) is 9.66. The number of hydrogen-bond donors (Lipinski definition) is 0. The minimum atomic E-state index is -0.139. The summed E-state index contributed by atoms with van der Waals surface area (Å²) in [5, 5.41) is 0.866.